The van der Waals surface area contributed by atoms with E-state index in [0.29, 0.717) is 21.9 Å². The zero-order valence-electron chi connectivity index (χ0n) is 8.15. The van der Waals surface area contributed by atoms with Crippen molar-refractivity contribution in [2.24, 2.45) is 0 Å². The molecule has 0 amide bonds. The number of aromatic nitrogens is 2. The Morgan fingerprint density at radius 1 is 1.62 bits per heavy atom. The van der Waals surface area contributed by atoms with Crippen LogP contribution in [0, 0.1) is 0 Å². The molecule has 0 saturated heterocycles. The summed E-state index contributed by atoms with van der Waals surface area (Å²) in [5, 5.41) is 9.25. The van der Waals surface area contributed by atoms with E-state index in [-0.39, 0.29) is 6.42 Å². The summed E-state index contributed by atoms with van der Waals surface area (Å²) in [6.45, 7) is 0. The first-order chi connectivity index (χ1) is 7.58. The Morgan fingerprint density at radius 2 is 2.38 bits per heavy atom. The number of imidazole rings is 1. The summed E-state index contributed by atoms with van der Waals surface area (Å²) in [6.07, 6.45) is 2.24. The number of aliphatic carboxylic acids is 1. The number of carboxylic acid groups (broad SMARTS) is 1. The summed E-state index contributed by atoms with van der Waals surface area (Å²) in [6, 6.07) is 3.52. The van der Waals surface area contributed by atoms with Crippen molar-refractivity contribution >= 4 is 39.0 Å². The van der Waals surface area contributed by atoms with Crippen LogP contribution in [0.2, 0.25) is 5.02 Å². The summed E-state index contributed by atoms with van der Waals surface area (Å²) >= 11 is 9.19. The number of halogens is 2. The normalized spacial score (nSPS) is 10.9. The Kier molecular flexibility index (Phi) is 3.16. The molecule has 2 aromatic heterocycles. The predicted molar refractivity (Wildman–Crippen MR) is 63.9 cm³/mol. The van der Waals surface area contributed by atoms with Gasteiger partial charge in [0.05, 0.1) is 11.9 Å². The zero-order valence-corrected chi connectivity index (χ0v) is 10.5. The molecule has 0 unspecified atom stereocenters. The molecule has 16 heavy (non-hydrogen) atoms. The highest BCUT2D eigenvalue weighted by molar-refractivity contribution is 9.10. The molecule has 0 aliphatic carbocycles. The molecular formula is C10H8BrClN2O2. The minimum absolute atomic E-state index is 0.0637. The van der Waals surface area contributed by atoms with E-state index < -0.39 is 5.97 Å². The fourth-order valence-corrected chi connectivity index (χ4v) is 2.15. The lowest BCUT2D eigenvalue weighted by molar-refractivity contribution is -0.137. The molecule has 2 aromatic rings. The number of hydrogen-bond donors (Lipinski definition) is 1. The van der Waals surface area contributed by atoms with Gasteiger partial charge in [-0.2, -0.15) is 0 Å². The van der Waals surface area contributed by atoms with Crippen molar-refractivity contribution in [3.05, 3.63) is 33.8 Å². The Labute approximate surface area is 105 Å². The van der Waals surface area contributed by atoms with Crippen LogP contribution in [0.25, 0.3) is 5.52 Å². The van der Waals surface area contributed by atoms with Crippen molar-refractivity contribution in [1.29, 1.82) is 0 Å². The number of hydrogen-bond acceptors (Lipinski definition) is 2. The molecule has 0 atom stereocenters. The van der Waals surface area contributed by atoms with Gasteiger partial charge in [-0.05, 0) is 28.1 Å². The molecule has 0 spiro atoms. The van der Waals surface area contributed by atoms with E-state index in [0.717, 1.165) is 5.52 Å². The van der Waals surface area contributed by atoms with Gasteiger partial charge in [0.2, 0.25) is 0 Å². The molecule has 0 aliphatic heterocycles. The molecular weight excluding hydrogens is 295 g/mol. The highest BCUT2D eigenvalue weighted by Gasteiger charge is 2.10. The highest BCUT2D eigenvalue weighted by Crippen LogP contribution is 2.22. The summed E-state index contributed by atoms with van der Waals surface area (Å²) < 4.78 is 2.51. The van der Waals surface area contributed by atoms with E-state index in [9.17, 15) is 4.79 Å². The fourth-order valence-electron chi connectivity index (χ4n) is 1.48. The largest absolute Gasteiger partial charge is 0.481 e. The Bertz CT molecular complexity index is 553. The van der Waals surface area contributed by atoms with Crippen LogP contribution < -0.4 is 0 Å². The lowest BCUT2D eigenvalue weighted by Gasteiger charge is -1.99. The molecule has 0 radical (unpaired) electrons. The van der Waals surface area contributed by atoms with E-state index in [1.54, 1.807) is 18.3 Å². The first-order valence-electron chi connectivity index (χ1n) is 4.61. The van der Waals surface area contributed by atoms with Gasteiger partial charge in [-0.3, -0.25) is 4.79 Å². The van der Waals surface area contributed by atoms with Gasteiger partial charge in [0.15, 0.2) is 0 Å². The number of pyridine rings is 1. The second-order valence-corrected chi connectivity index (χ2v) is 4.50. The van der Waals surface area contributed by atoms with Crippen molar-refractivity contribution in [3.63, 3.8) is 0 Å². The van der Waals surface area contributed by atoms with Crippen LogP contribution in [0.3, 0.4) is 0 Å². The van der Waals surface area contributed by atoms with Crippen molar-refractivity contribution in [2.45, 2.75) is 12.8 Å². The summed E-state index contributed by atoms with van der Waals surface area (Å²) in [4.78, 5) is 14.8. The van der Waals surface area contributed by atoms with Crippen molar-refractivity contribution < 1.29 is 9.90 Å². The van der Waals surface area contributed by atoms with Gasteiger partial charge >= 0.3 is 5.97 Å². The Hall–Kier alpha value is -1.07. The van der Waals surface area contributed by atoms with E-state index in [4.69, 9.17) is 16.7 Å². The molecule has 6 heteroatoms. The van der Waals surface area contributed by atoms with Crippen LogP contribution in [0.5, 0.6) is 0 Å². The predicted octanol–water partition coefficient (Wildman–Crippen LogP) is 2.77. The smallest absolute Gasteiger partial charge is 0.303 e. The number of carboxylic acids is 1. The zero-order chi connectivity index (χ0) is 11.7. The number of aryl methyl sites for hydroxylation is 1. The lowest BCUT2D eigenvalue weighted by Crippen LogP contribution is -2.01. The van der Waals surface area contributed by atoms with Crippen molar-refractivity contribution in [2.75, 3.05) is 0 Å². The molecule has 0 aliphatic rings. The maximum atomic E-state index is 10.5. The lowest BCUT2D eigenvalue weighted by atomic mass is 10.3. The third-order valence-corrected chi connectivity index (χ3v) is 3.01. The van der Waals surface area contributed by atoms with Gasteiger partial charge in [0, 0.05) is 17.6 Å². The van der Waals surface area contributed by atoms with Crippen LogP contribution in [-0.2, 0) is 11.2 Å². The fraction of sp³-hybridized carbons (Fsp3) is 0.200. The summed E-state index contributed by atoms with van der Waals surface area (Å²) in [5.74, 6) is -0.122. The number of nitrogens with zero attached hydrogens (tertiary/aromatic N) is 2. The van der Waals surface area contributed by atoms with Gasteiger partial charge in [0.25, 0.3) is 0 Å². The summed E-state index contributed by atoms with van der Waals surface area (Å²) in [7, 11) is 0. The molecule has 1 N–H and O–H groups in total. The minimum Gasteiger partial charge on any atom is -0.481 e. The second kappa shape index (κ2) is 4.43. The first kappa shape index (κ1) is 11.4. The second-order valence-electron chi connectivity index (χ2n) is 3.31. The molecule has 0 fully saturated rings. The highest BCUT2D eigenvalue weighted by atomic mass is 79.9. The maximum absolute atomic E-state index is 10.5. The van der Waals surface area contributed by atoms with Crippen molar-refractivity contribution in [3.8, 4) is 0 Å². The van der Waals surface area contributed by atoms with Crippen LogP contribution in [0.15, 0.2) is 22.9 Å². The maximum Gasteiger partial charge on any atom is 0.303 e. The molecule has 4 nitrogen and oxygen atoms in total. The van der Waals surface area contributed by atoms with Gasteiger partial charge in [-0.25, -0.2) is 4.98 Å². The SMILES string of the molecule is O=C(O)CCc1nc(Br)c2cc(Cl)ccn12. The Morgan fingerprint density at radius 3 is 3.06 bits per heavy atom. The van der Waals surface area contributed by atoms with Crippen LogP contribution in [0.1, 0.15) is 12.2 Å². The first-order valence-corrected chi connectivity index (χ1v) is 5.79. The average Bonchev–Trinajstić information content (AvgIpc) is 2.53. The standard InChI is InChI=1S/C10H8BrClN2O2/c11-10-7-5-6(12)3-4-14(7)8(13-10)1-2-9(15)16/h3-5H,1-2H2,(H,15,16). The van der Waals surface area contributed by atoms with Gasteiger partial charge in [-0.1, -0.05) is 11.6 Å². The summed E-state index contributed by atoms with van der Waals surface area (Å²) in [5.41, 5.74) is 0.841. The minimum atomic E-state index is -0.832. The van der Waals surface area contributed by atoms with E-state index in [1.807, 2.05) is 4.40 Å². The molecule has 2 rings (SSSR count). The van der Waals surface area contributed by atoms with Crippen LogP contribution >= 0.6 is 27.5 Å². The molecule has 0 aromatic carbocycles. The molecule has 0 bridgehead atoms. The van der Waals surface area contributed by atoms with Crippen molar-refractivity contribution in [1.82, 2.24) is 9.38 Å². The third kappa shape index (κ3) is 2.20. The van der Waals surface area contributed by atoms with E-state index in [1.165, 1.54) is 0 Å². The Balaban J connectivity index is 2.43. The van der Waals surface area contributed by atoms with E-state index in [2.05, 4.69) is 20.9 Å². The van der Waals surface area contributed by atoms with Gasteiger partial charge in [0.1, 0.15) is 10.4 Å². The third-order valence-electron chi connectivity index (χ3n) is 2.20. The average molecular weight is 304 g/mol. The van der Waals surface area contributed by atoms with Gasteiger partial charge < -0.3 is 9.51 Å². The monoisotopic (exact) mass is 302 g/mol. The number of rotatable bonds is 3. The number of fused-ring (bicyclic) bond motifs is 1. The number of carbonyl (C=O) groups is 1. The van der Waals surface area contributed by atoms with Crippen LogP contribution in [-0.4, -0.2) is 20.5 Å². The molecule has 0 saturated carbocycles. The van der Waals surface area contributed by atoms with E-state index >= 15 is 0 Å². The van der Waals surface area contributed by atoms with Gasteiger partial charge in [-0.15, -0.1) is 0 Å². The molecule has 84 valence electrons. The topological polar surface area (TPSA) is 54.6 Å². The molecule has 2 heterocycles. The van der Waals surface area contributed by atoms with Crippen LogP contribution in [0.4, 0.5) is 0 Å². The quantitative estimate of drug-likeness (QED) is 0.948.